The molecule has 1 saturated heterocycles. The summed E-state index contributed by atoms with van der Waals surface area (Å²) in [7, 11) is -3.45. The fourth-order valence-corrected chi connectivity index (χ4v) is 4.23. The molecule has 1 fully saturated rings. The van der Waals surface area contributed by atoms with Crippen molar-refractivity contribution in [1.29, 1.82) is 0 Å². The number of aliphatic hydroxyl groups is 1. The van der Waals surface area contributed by atoms with Gasteiger partial charge in [-0.1, -0.05) is 26.8 Å². The van der Waals surface area contributed by atoms with Crippen LogP contribution in [0.15, 0.2) is 23.1 Å². The summed E-state index contributed by atoms with van der Waals surface area (Å²) >= 11 is 0. The van der Waals surface area contributed by atoms with Gasteiger partial charge in [0.25, 0.3) is 0 Å². The summed E-state index contributed by atoms with van der Waals surface area (Å²) in [5, 5.41) is 9.41. The topological polar surface area (TPSA) is 57.6 Å². The zero-order valence-electron chi connectivity index (χ0n) is 13.1. The van der Waals surface area contributed by atoms with Gasteiger partial charge in [0, 0.05) is 13.1 Å². The predicted octanol–water partition coefficient (Wildman–Crippen LogP) is 2.55. The summed E-state index contributed by atoms with van der Waals surface area (Å²) in [5.74, 6) is 0. The van der Waals surface area contributed by atoms with E-state index in [2.05, 4.69) is 13.8 Å². The van der Waals surface area contributed by atoms with Crippen molar-refractivity contribution in [2.75, 3.05) is 13.1 Å². The minimum Gasteiger partial charge on any atom is -0.392 e. The maximum absolute atomic E-state index is 12.7. The van der Waals surface area contributed by atoms with Crippen molar-refractivity contribution in [2.24, 2.45) is 5.41 Å². The van der Waals surface area contributed by atoms with Crippen LogP contribution in [0.25, 0.3) is 0 Å². The first-order valence-electron chi connectivity index (χ1n) is 7.53. The van der Waals surface area contributed by atoms with Crippen LogP contribution in [-0.2, 0) is 23.1 Å². The van der Waals surface area contributed by atoms with Gasteiger partial charge < -0.3 is 5.11 Å². The van der Waals surface area contributed by atoms with Gasteiger partial charge in [-0.2, -0.15) is 4.31 Å². The van der Waals surface area contributed by atoms with Crippen LogP contribution in [0.5, 0.6) is 0 Å². The number of benzene rings is 1. The molecule has 0 unspecified atom stereocenters. The molecule has 4 nitrogen and oxygen atoms in total. The molecule has 1 aromatic rings. The molecule has 1 aliphatic heterocycles. The molecule has 118 valence electrons. The van der Waals surface area contributed by atoms with E-state index in [4.69, 9.17) is 0 Å². The van der Waals surface area contributed by atoms with E-state index in [0.717, 1.165) is 24.8 Å². The highest BCUT2D eigenvalue weighted by Crippen LogP contribution is 2.32. The number of sulfonamides is 1. The molecular formula is C16H25NO3S. The second kappa shape index (κ2) is 6.07. The minimum atomic E-state index is -3.45. The van der Waals surface area contributed by atoms with Crippen LogP contribution in [0.2, 0.25) is 0 Å². The van der Waals surface area contributed by atoms with E-state index in [9.17, 15) is 13.5 Å². The lowest BCUT2D eigenvalue weighted by Crippen LogP contribution is -2.41. The number of rotatable bonds is 4. The van der Waals surface area contributed by atoms with E-state index in [1.54, 1.807) is 16.4 Å². The molecule has 0 saturated carbocycles. The molecule has 0 bridgehead atoms. The molecule has 1 aliphatic rings. The van der Waals surface area contributed by atoms with E-state index in [-0.39, 0.29) is 12.0 Å². The fraction of sp³-hybridized carbons (Fsp3) is 0.625. The lowest BCUT2D eigenvalue weighted by atomic mass is 9.83. The first kappa shape index (κ1) is 16.5. The Hall–Kier alpha value is -0.910. The highest BCUT2D eigenvalue weighted by Gasteiger charge is 2.32. The first-order valence-corrected chi connectivity index (χ1v) is 8.97. The summed E-state index contributed by atoms with van der Waals surface area (Å²) in [4.78, 5) is 0.295. The Labute approximate surface area is 127 Å². The quantitative estimate of drug-likeness (QED) is 0.929. The molecule has 5 heteroatoms. The Kier molecular flexibility index (Phi) is 4.76. The van der Waals surface area contributed by atoms with E-state index in [0.29, 0.717) is 23.5 Å². The smallest absolute Gasteiger partial charge is 0.243 e. The maximum Gasteiger partial charge on any atom is 0.243 e. The zero-order valence-corrected chi connectivity index (χ0v) is 13.9. The summed E-state index contributed by atoms with van der Waals surface area (Å²) in [6.45, 7) is 7.36. The Morgan fingerprint density at radius 2 is 1.81 bits per heavy atom. The number of piperidine rings is 1. The number of hydrogen-bond donors (Lipinski definition) is 1. The van der Waals surface area contributed by atoms with Crippen molar-refractivity contribution in [3.63, 3.8) is 0 Å². The predicted molar refractivity (Wildman–Crippen MR) is 83.5 cm³/mol. The van der Waals surface area contributed by atoms with E-state index in [1.807, 2.05) is 13.0 Å². The average molecular weight is 311 g/mol. The van der Waals surface area contributed by atoms with Crippen molar-refractivity contribution in [3.05, 3.63) is 29.3 Å². The zero-order chi connectivity index (χ0) is 15.7. The van der Waals surface area contributed by atoms with Crippen molar-refractivity contribution in [1.82, 2.24) is 4.31 Å². The first-order chi connectivity index (χ1) is 9.80. The van der Waals surface area contributed by atoms with Gasteiger partial charge in [0.05, 0.1) is 11.5 Å². The van der Waals surface area contributed by atoms with E-state index in [1.165, 1.54) is 0 Å². The molecule has 0 aromatic heterocycles. The van der Waals surface area contributed by atoms with Gasteiger partial charge in [-0.05, 0) is 47.9 Å². The van der Waals surface area contributed by atoms with Gasteiger partial charge >= 0.3 is 0 Å². The average Bonchev–Trinajstić information content (AvgIpc) is 2.46. The van der Waals surface area contributed by atoms with Crippen molar-refractivity contribution >= 4 is 10.0 Å². The number of aliphatic hydroxyl groups excluding tert-OH is 1. The Bertz CT molecular complexity index is 598. The van der Waals surface area contributed by atoms with Gasteiger partial charge in [0.1, 0.15) is 0 Å². The van der Waals surface area contributed by atoms with Gasteiger partial charge in [-0.25, -0.2) is 8.42 Å². The molecule has 1 heterocycles. The van der Waals surface area contributed by atoms with Crippen LogP contribution in [-0.4, -0.2) is 30.9 Å². The van der Waals surface area contributed by atoms with Crippen LogP contribution >= 0.6 is 0 Å². The molecule has 0 spiro atoms. The standard InChI is InChI=1S/C16H25NO3S/c1-4-13-5-6-15(11-14(13)12-18)21(19,20)17-9-7-16(2,3)8-10-17/h5-6,11,18H,4,7-10,12H2,1-3H3. The number of hydrogen-bond acceptors (Lipinski definition) is 3. The van der Waals surface area contributed by atoms with Gasteiger partial charge in [0.2, 0.25) is 10.0 Å². The second-order valence-corrected chi connectivity index (χ2v) is 8.45. The molecule has 0 amide bonds. The maximum atomic E-state index is 12.7. The number of aryl methyl sites for hydroxylation is 1. The van der Waals surface area contributed by atoms with Crippen LogP contribution in [0.4, 0.5) is 0 Å². The second-order valence-electron chi connectivity index (χ2n) is 6.51. The third kappa shape index (κ3) is 3.47. The lowest BCUT2D eigenvalue weighted by molar-refractivity contribution is 0.196. The Morgan fingerprint density at radius 3 is 2.33 bits per heavy atom. The van der Waals surface area contributed by atoms with E-state index >= 15 is 0 Å². The summed E-state index contributed by atoms with van der Waals surface area (Å²) in [5.41, 5.74) is 1.92. The largest absolute Gasteiger partial charge is 0.392 e. The highest BCUT2D eigenvalue weighted by molar-refractivity contribution is 7.89. The summed E-state index contributed by atoms with van der Waals surface area (Å²) in [6.07, 6.45) is 2.55. The third-order valence-corrected chi connectivity index (χ3v) is 6.34. The fourth-order valence-electron chi connectivity index (χ4n) is 2.74. The Morgan fingerprint density at radius 1 is 1.19 bits per heavy atom. The molecule has 1 N–H and O–H groups in total. The van der Waals surface area contributed by atoms with Crippen molar-refractivity contribution in [3.8, 4) is 0 Å². The van der Waals surface area contributed by atoms with Crippen molar-refractivity contribution in [2.45, 2.75) is 51.5 Å². The molecule has 2 rings (SSSR count). The number of nitrogens with zero attached hydrogens (tertiary/aromatic N) is 1. The van der Waals surface area contributed by atoms with Crippen molar-refractivity contribution < 1.29 is 13.5 Å². The monoisotopic (exact) mass is 311 g/mol. The van der Waals surface area contributed by atoms with Crippen LogP contribution in [0, 0.1) is 5.41 Å². The van der Waals surface area contributed by atoms with Crippen LogP contribution in [0.1, 0.15) is 44.7 Å². The summed E-state index contributed by atoms with van der Waals surface area (Å²) < 4.78 is 27.0. The van der Waals surface area contributed by atoms with Crippen LogP contribution < -0.4 is 0 Å². The molecule has 1 aromatic carbocycles. The molecule has 0 radical (unpaired) electrons. The summed E-state index contributed by atoms with van der Waals surface area (Å²) in [6, 6.07) is 5.09. The van der Waals surface area contributed by atoms with Gasteiger partial charge in [-0.3, -0.25) is 0 Å². The normalized spacial score (nSPS) is 19.6. The molecular weight excluding hydrogens is 286 g/mol. The Balaban J connectivity index is 2.28. The molecule has 0 aliphatic carbocycles. The molecule has 21 heavy (non-hydrogen) atoms. The van der Waals surface area contributed by atoms with Gasteiger partial charge in [-0.15, -0.1) is 0 Å². The minimum absolute atomic E-state index is 0.125. The molecule has 0 atom stereocenters. The highest BCUT2D eigenvalue weighted by atomic mass is 32.2. The van der Waals surface area contributed by atoms with E-state index < -0.39 is 10.0 Å². The van der Waals surface area contributed by atoms with Gasteiger partial charge in [0.15, 0.2) is 0 Å². The lowest BCUT2D eigenvalue weighted by Gasteiger charge is -2.36. The third-order valence-electron chi connectivity index (χ3n) is 4.44. The van der Waals surface area contributed by atoms with Crippen LogP contribution in [0.3, 0.4) is 0 Å². The SMILES string of the molecule is CCc1ccc(S(=O)(=O)N2CCC(C)(C)CC2)cc1CO.